The molecule has 0 aromatic heterocycles. The van der Waals surface area contributed by atoms with Gasteiger partial charge in [-0.05, 0) is 25.2 Å². The average molecular weight is 276 g/mol. The summed E-state index contributed by atoms with van der Waals surface area (Å²) in [7, 11) is 3.48. The molecule has 1 aromatic carbocycles. The first-order valence-corrected chi connectivity index (χ1v) is 6.37. The number of hydrogen-bond acceptors (Lipinski definition) is 4. The Kier molecular flexibility index (Phi) is 7.18. The number of aliphatic hydroxyl groups is 1. The van der Waals surface area contributed by atoms with Crippen LogP contribution in [0, 0.1) is 11.8 Å². The van der Waals surface area contributed by atoms with E-state index in [4.69, 9.17) is 9.84 Å². The summed E-state index contributed by atoms with van der Waals surface area (Å²) in [6.07, 6.45) is 0. The number of nitrogens with zero attached hydrogens (tertiary/aromatic N) is 1. The molecule has 0 saturated carbocycles. The van der Waals surface area contributed by atoms with Crippen LogP contribution in [0.4, 0.5) is 0 Å². The molecule has 0 atom stereocenters. The smallest absolute Gasteiger partial charge is 0.233 e. The van der Waals surface area contributed by atoms with Gasteiger partial charge in [-0.25, -0.2) is 0 Å². The topological polar surface area (TPSA) is 61.8 Å². The highest BCUT2D eigenvalue weighted by atomic mass is 16.5. The first kappa shape index (κ1) is 16.0. The highest BCUT2D eigenvalue weighted by Gasteiger charge is 2.04. The molecule has 0 heterocycles. The Labute approximate surface area is 119 Å². The van der Waals surface area contributed by atoms with Crippen LogP contribution in [0.3, 0.4) is 0 Å². The molecular weight excluding hydrogens is 256 g/mol. The van der Waals surface area contributed by atoms with Gasteiger partial charge >= 0.3 is 0 Å². The summed E-state index contributed by atoms with van der Waals surface area (Å²) in [6, 6.07) is 7.38. The number of nitrogens with one attached hydrogen (secondary N) is 1. The van der Waals surface area contributed by atoms with Crippen molar-refractivity contribution in [3.63, 3.8) is 0 Å². The Morgan fingerprint density at radius 3 is 3.00 bits per heavy atom. The highest BCUT2D eigenvalue weighted by molar-refractivity contribution is 5.77. The van der Waals surface area contributed by atoms with Gasteiger partial charge in [-0.3, -0.25) is 9.69 Å². The van der Waals surface area contributed by atoms with Crippen LogP contribution < -0.4 is 10.1 Å². The van der Waals surface area contributed by atoms with Crippen molar-refractivity contribution in [3.8, 4) is 17.6 Å². The summed E-state index contributed by atoms with van der Waals surface area (Å²) in [5, 5.41) is 11.2. The van der Waals surface area contributed by atoms with E-state index in [1.54, 1.807) is 7.05 Å². The molecule has 1 amide bonds. The summed E-state index contributed by atoms with van der Waals surface area (Å²) < 4.78 is 5.61. The van der Waals surface area contributed by atoms with Crippen molar-refractivity contribution < 1.29 is 14.6 Å². The number of hydrogen-bond donors (Lipinski definition) is 2. The minimum absolute atomic E-state index is 0.0197. The molecule has 2 N–H and O–H groups in total. The van der Waals surface area contributed by atoms with E-state index in [0.29, 0.717) is 19.7 Å². The zero-order valence-corrected chi connectivity index (χ0v) is 11.8. The molecule has 0 bridgehead atoms. The molecule has 5 heteroatoms. The van der Waals surface area contributed by atoms with Crippen LogP contribution in [0.5, 0.6) is 5.75 Å². The molecule has 0 aliphatic rings. The fourth-order valence-electron chi connectivity index (χ4n) is 1.53. The largest absolute Gasteiger partial charge is 0.492 e. The maximum absolute atomic E-state index is 11.2. The van der Waals surface area contributed by atoms with Gasteiger partial charge in [0.25, 0.3) is 0 Å². The maximum atomic E-state index is 11.2. The zero-order chi connectivity index (χ0) is 14.8. The summed E-state index contributed by atoms with van der Waals surface area (Å²) in [4.78, 5) is 13.1. The van der Waals surface area contributed by atoms with Crippen molar-refractivity contribution in [1.29, 1.82) is 0 Å². The van der Waals surface area contributed by atoms with Gasteiger partial charge in [0.1, 0.15) is 19.0 Å². The third kappa shape index (κ3) is 6.23. The average Bonchev–Trinajstić information content (AvgIpc) is 2.45. The van der Waals surface area contributed by atoms with Crippen molar-refractivity contribution in [3.05, 3.63) is 29.8 Å². The number of carbonyl (C=O) groups is 1. The number of likely N-dealkylation sites (N-methyl/N-ethyl adjacent to an activating group) is 2. The number of aliphatic hydroxyl groups excluding tert-OH is 1. The number of amides is 1. The van der Waals surface area contributed by atoms with Crippen LogP contribution in [-0.4, -0.2) is 56.3 Å². The summed E-state index contributed by atoms with van der Waals surface area (Å²) in [5.74, 6) is 6.12. The lowest BCUT2D eigenvalue weighted by Gasteiger charge is -2.15. The van der Waals surface area contributed by atoms with Gasteiger partial charge in [0.2, 0.25) is 5.91 Å². The second kappa shape index (κ2) is 8.97. The van der Waals surface area contributed by atoms with E-state index in [1.807, 2.05) is 36.2 Å². The van der Waals surface area contributed by atoms with E-state index >= 15 is 0 Å². The molecule has 1 aromatic rings. The van der Waals surface area contributed by atoms with Gasteiger partial charge in [0.15, 0.2) is 0 Å². The molecule has 20 heavy (non-hydrogen) atoms. The lowest BCUT2D eigenvalue weighted by atomic mass is 10.2. The first-order chi connectivity index (χ1) is 9.65. The standard InChI is InChI=1S/C15H20N2O3/c1-16-15(19)12-17(2)8-10-20-14-7-3-5-13(11-14)6-4-9-18/h3,5,7,11,18H,8-10,12H2,1-2H3,(H,16,19). The van der Waals surface area contributed by atoms with E-state index in [1.165, 1.54) is 0 Å². The Balaban J connectivity index is 2.40. The van der Waals surface area contributed by atoms with Crippen LogP contribution >= 0.6 is 0 Å². The van der Waals surface area contributed by atoms with Gasteiger partial charge < -0.3 is 15.2 Å². The normalized spacial score (nSPS) is 9.80. The third-order valence-corrected chi connectivity index (χ3v) is 2.58. The Morgan fingerprint density at radius 2 is 2.30 bits per heavy atom. The molecule has 1 rings (SSSR count). The fraction of sp³-hybridized carbons (Fsp3) is 0.400. The predicted molar refractivity (Wildman–Crippen MR) is 77.5 cm³/mol. The lowest BCUT2D eigenvalue weighted by molar-refractivity contribution is -0.121. The molecule has 0 aliphatic carbocycles. The molecule has 5 nitrogen and oxygen atoms in total. The van der Waals surface area contributed by atoms with E-state index in [2.05, 4.69) is 17.2 Å². The zero-order valence-electron chi connectivity index (χ0n) is 11.8. The maximum Gasteiger partial charge on any atom is 0.233 e. The van der Waals surface area contributed by atoms with Gasteiger partial charge in [0.05, 0.1) is 6.54 Å². The number of carbonyl (C=O) groups excluding carboxylic acids is 1. The van der Waals surface area contributed by atoms with Crippen LogP contribution in [0.15, 0.2) is 24.3 Å². The lowest BCUT2D eigenvalue weighted by Crippen LogP contribution is -2.35. The molecule has 0 unspecified atom stereocenters. The first-order valence-electron chi connectivity index (χ1n) is 6.37. The quantitative estimate of drug-likeness (QED) is 0.723. The molecular formula is C15H20N2O3. The second-order valence-corrected chi connectivity index (χ2v) is 4.25. The summed E-state index contributed by atoms with van der Waals surface area (Å²) >= 11 is 0. The minimum Gasteiger partial charge on any atom is -0.492 e. The minimum atomic E-state index is -0.157. The van der Waals surface area contributed by atoms with Gasteiger partial charge in [-0.15, -0.1) is 0 Å². The molecule has 0 saturated heterocycles. The van der Waals surface area contributed by atoms with Crippen molar-refractivity contribution in [1.82, 2.24) is 10.2 Å². The van der Waals surface area contributed by atoms with Crippen molar-refractivity contribution in [2.75, 3.05) is 40.4 Å². The highest BCUT2D eigenvalue weighted by Crippen LogP contribution is 2.12. The van der Waals surface area contributed by atoms with E-state index in [0.717, 1.165) is 11.3 Å². The van der Waals surface area contributed by atoms with Crippen molar-refractivity contribution in [2.45, 2.75) is 0 Å². The predicted octanol–water partition coefficient (Wildman–Crippen LogP) is 0.0870. The molecule has 0 spiro atoms. The molecule has 108 valence electrons. The van der Waals surface area contributed by atoms with Crippen LogP contribution in [-0.2, 0) is 4.79 Å². The monoisotopic (exact) mass is 276 g/mol. The summed E-state index contributed by atoms with van der Waals surface area (Å²) in [5.41, 5.74) is 0.801. The molecule has 0 radical (unpaired) electrons. The Hall–Kier alpha value is -2.03. The van der Waals surface area contributed by atoms with Gasteiger partial charge in [0, 0.05) is 19.2 Å². The Bertz CT molecular complexity index is 491. The van der Waals surface area contributed by atoms with E-state index < -0.39 is 0 Å². The van der Waals surface area contributed by atoms with E-state index in [-0.39, 0.29) is 12.5 Å². The van der Waals surface area contributed by atoms with Crippen LogP contribution in [0.25, 0.3) is 0 Å². The van der Waals surface area contributed by atoms with Crippen molar-refractivity contribution in [2.24, 2.45) is 0 Å². The number of rotatable bonds is 6. The van der Waals surface area contributed by atoms with Crippen LogP contribution in [0.2, 0.25) is 0 Å². The fourth-order valence-corrected chi connectivity index (χ4v) is 1.53. The third-order valence-electron chi connectivity index (χ3n) is 2.58. The summed E-state index contributed by atoms with van der Waals surface area (Å²) in [6.45, 7) is 1.33. The van der Waals surface area contributed by atoms with Crippen LogP contribution in [0.1, 0.15) is 5.56 Å². The number of ether oxygens (including phenoxy) is 1. The van der Waals surface area contributed by atoms with Gasteiger partial charge in [-0.1, -0.05) is 17.9 Å². The van der Waals surface area contributed by atoms with Gasteiger partial charge in [-0.2, -0.15) is 0 Å². The van der Waals surface area contributed by atoms with Crippen molar-refractivity contribution >= 4 is 5.91 Å². The molecule has 0 fully saturated rings. The Morgan fingerprint density at radius 1 is 1.50 bits per heavy atom. The number of benzene rings is 1. The second-order valence-electron chi connectivity index (χ2n) is 4.25. The van der Waals surface area contributed by atoms with E-state index in [9.17, 15) is 4.79 Å². The molecule has 0 aliphatic heterocycles. The SMILES string of the molecule is CNC(=O)CN(C)CCOc1cccc(C#CCO)c1.